The van der Waals surface area contributed by atoms with Crippen LogP contribution in [0, 0.1) is 5.82 Å². The molecule has 0 aliphatic rings. The summed E-state index contributed by atoms with van der Waals surface area (Å²) in [7, 11) is 0. The standard InChI is InChI=1S/C20H16Cl2FN3O3/c21-13-3-6-15(16(22)10-13)17-11-24-20(29-17)8-7-18(27)25-26-19(28)9-12-1-4-14(23)5-2-12/h1-6,10-11H,7-9H2,(H,25,27)(H,26,28). The van der Waals surface area contributed by atoms with Crippen LogP contribution in [0.2, 0.25) is 10.0 Å². The number of benzene rings is 2. The minimum absolute atomic E-state index is 0.0194. The maximum Gasteiger partial charge on any atom is 0.242 e. The van der Waals surface area contributed by atoms with Gasteiger partial charge in [-0.15, -0.1) is 0 Å². The third kappa shape index (κ3) is 6.04. The zero-order valence-electron chi connectivity index (χ0n) is 15.0. The topological polar surface area (TPSA) is 84.2 Å². The quantitative estimate of drug-likeness (QED) is 0.570. The van der Waals surface area contributed by atoms with Crippen LogP contribution >= 0.6 is 23.2 Å². The van der Waals surface area contributed by atoms with E-state index in [1.165, 1.54) is 30.5 Å². The third-order valence-electron chi connectivity index (χ3n) is 3.94. The average Bonchev–Trinajstić information content (AvgIpc) is 3.15. The summed E-state index contributed by atoms with van der Waals surface area (Å²) in [6.07, 6.45) is 1.84. The van der Waals surface area contributed by atoms with E-state index < -0.39 is 11.8 Å². The highest BCUT2D eigenvalue weighted by molar-refractivity contribution is 6.36. The first-order valence-corrected chi connectivity index (χ1v) is 9.38. The summed E-state index contributed by atoms with van der Waals surface area (Å²) in [5.74, 6) is -0.369. The minimum atomic E-state index is -0.416. The molecule has 0 bridgehead atoms. The molecule has 0 spiro atoms. The summed E-state index contributed by atoms with van der Waals surface area (Å²) < 4.78 is 18.5. The predicted octanol–water partition coefficient (Wildman–Crippen LogP) is 4.11. The molecule has 6 nitrogen and oxygen atoms in total. The number of oxazole rings is 1. The van der Waals surface area contributed by atoms with Crippen molar-refractivity contribution in [3.63, 3.8) is 0 Å². The van der Waals surface area contributed by atoms with Crippen molar-refractivity contribution in [2.45, 2.75) is 19.3 Å². The Kier molecular flexibility index (Phi) is 6.85. The number of nitrogens with one attached hydrogen (secondary N) is 2. The van der Waals surface area contributed by atoms with Crippen LogP contribution in [0.25, 0.3) is 11.3 Å². The zero-order chi connectivity index (χ0) is 20.8. The summed E-state index contributed by atoms with van der Waals surface area (Å²) >= 11 is 12.0. The second kappa shape index (κ2) is 9.54. The van der Waals surface area contributed by atoms with E-state index in [-0.39, 0.29) is 25.1 Å². The number of hydrogen-bond donors (Lipinski definition) is 2. The van der Waals surface area contributed by atoms with Gasteiger partial charge < -0.3 is 4.42 Å². The second-order valence-corrected chi connectivity index (χ2v) is 6.99. The summed E-state index contributed by atoms with van der Waals surface area (Å²) in [6, 6.07) is 10.5. The highest BCUT2D eigenvalue weighted by Crippen LogP contribution is 2.30. The van der Waals surface area contributed by atoms with Gasteiger partial charge in [0.05, 0.1) is 17.6 Å². The van der Waals surface area contributed by atoms with E-state index in [4.69, 9.17) is 27.6 Å². The Morgan fingerprint density at radius 3 is 2.48 bits per heavy atom. The number of hydrogen-bond acceptors (Lipinski definition) is 4. The number of aromatic nitrogens is 1. The lowest BCUT2D eigenvalue weighted by atomic mass is 10.1. The van der Waals surface area contributed by atoms with E-state index in [0.29, 0.717) is 32.8 Å². The molecular formula is C20H16Cl2FN3O3. The van der Waals surface area contributed by atoms with Crippen molar-refractivity contribution >= 4 is 35.0 Å². The van der Waals surface area contributed by atoms with E-state index in [1.54, 1.807) is 18.2 Å². The molecule has 0 aliphatic heterocycles. The Bertz CT molecular complexity index is 1020. The normalized spacial score (nSPS) is 10.6. The molecule has 0 atom stereocenters. The Morgan fingerprint density at radius 1 is 1.03 bits per heavy atom. The van der Waals surface area contributed by atoms with Crippen molar-refractivity contribution in [2.75, 3.05) is 0 Å². The van der Waals surface area contributed by atoms with E-state index >= 15 is 0 Å². The van der Waals surface area contributed by atoms with Crippen molar-refractivity contribution in [1.29, 1.82) is 0 Å². The highest BCUT2D eigenvalue weighted by Gasteiger charge is 2.12. The number of carbonyl (C=O) groups excluding carboxylic acids is 2. The van der Waals surface area contributed by atoms with Crippen molar-refractivity contribution in [2.24, 2.45) is 0 Å². The number of amides is 2. The van der Waals surface area contributed by atoms with Gasteiger partial charge >= 0.3 is 0 Å². The Labute approximate surface area is 176 Å². The highest BCUT2D eigenvalue weighted by atomic mass is 35.5. The minimum Gasteiger partial charge on any atom is -0.441 e. The first-order chi connectivity index (χ1) is 13.9. The molecule has 0 fully saturated rings. The lowest BCUT2D eigenvalue weighted by molar-refractivity contribution is -0.128. The lowest BCUT2D eigenvalue weighted by Gasteiger charge is -2.07. The number of rotatable bonds is 6. The van der Waals surface area contributed by atoms with Crippen LogP contribution in [-0.2, 0) is 22.4 Å². The molecule has 0 aliphatic carbocycles. The van der Waals surface area contributed by atoms with Crippen molar-refractivity contribution in [1.82, 2.24) is 15.8 Å². The Balaban J connectivity index is 1.45. The fourth-order valence-corrected chi connectivity index (χ4v) is 3.00. The largest absolute Gasteiger partial charge is 0.441 e. The zero-order valence-corrected chi connectivity index (χ0v) is 16.6. The summed E-state index contributed by atoms with van der Waals surface area (Å²) in [5.41, 5.74) is 5.91. The van der Waals surface area contributed by atoms with E-state index in [2.05, 4.69) is 15.8 Å². The van der Waals surface area contributed by atoms with Gasteiger partial charge in [0.15, 0.2) is 11.7 Å². The molecule has 3 aromatic rings. The maximum atomic E-state index is 12.9. The maximum absolute atomic E-state index is 12.9. The molecule has 2 aromatic carbocycles. The molecule has 0 saturated carbocycles. The van der Waals surface area contributed by atoms with Gasteiger partial charge in [-0.2, -0.15) is 0 Å². The summed E-state index contributed by atoms with van der Waals surface area (Å²) in [5, 5.41) is 0.943. The molecule has 0 radical (unpaired) electrons. The fraction of sp³-hybridized carbons (Fsp3) is 0.150. The first kappa shape index (κ1) is 20.8. The van der Waals surface area contributed by atoms with E-state index in [1.807, 2.05) is 0 Å². The van der Waals surface area contributed by atoms with Gasteiger partial charge in [-0.05, 0) is 35.9 Å². The lowest BCUT2D eigenvalue weighted by Crippen LogP contribution is -2.42. The van der Waals surface area contributed by atoms with Gasteiger partial charge in [-0.1, -0.05) is 35.3 Å². The van der Waals surface area contributed by atoms with Gasteiger partial charge in [0.1, 0.15) is 5.82 Å². The van der Waals surface area contributed by atoms with Crippen LogP contribution in [0.4, 0.5) is 4.39 Å². The van der Waals surface area contributed by atoms with Gasteiger partial charge in [-0.25, -0.2) is 9.37 Å². The third-order valence-corrected chi connectivity index (χ3v) is 4.48. The molecule has 29 heavy (non-hydrogen) atoms. The number of hydrazine groups is 1. The number of nitrogens with zero attached hydrogens (tertiary/aromatic N) is 1. The van der Waals surface area contributed by atoms with Gasteiger partial charge in [-0.3, -0.25) is 20.4 Å². The molecular weight excluding hydrogens is 420 g/mol. The van der Waals surface area contributed by atoms with Crippen LogP contribution in [0.3, 0.4) is 0 Å². The molecule has 1 heterocycles. The van der Waals surface area contributed by atoms with Crippen molar-refractivity contribution in [3.05, 3.63) is 76.0 Å². The molecule has 0 saturated heterocycles. The van der Waals surface area contributed by atoms with E-state index in [0.717, 1.165) is 0 Å². The fourth-order valence-electron chi connectivity index (χ4n) is 2.49. The predicted molar refractivity (Wildman–Crippen MR) is 107 cm³/mol. The Morgan fingerprint density at radius 2 is 1.76 bits per heavy atom. The number of carbonyl (C=O) groups is 2. The van der Waals surface area contributed by atoms with Crippen LogP contribution in [0.5, 0.6) is 0 Å². The number of halogens is 3. The van der Waals surface area contributed by atoms with Gasteiger partial charge in [0, 0.05) is 23.4 Å². The second-order valence-electron chi connectivity index (χ2n) is 6.14. The van der Waals surface area contributed by atoms with Crippen LogP contribution in [-0.4, -0.2) is 16.8 Å². The van der Waals surface area contributed by atoms with Crippen LogP contribution in [0.15, 0.2) is 53.1 Å². The average molecular weight is 436 g/mol. The molecule has 150 valence electrons. The van der Waals surface area contributed by atoms with Crippen molar-refractivity contribution in [3.8, 4) is 11.3 Å². The van der Waals surface area contributed by atoms with Gasteiger partial charge in [0.25, 0.3) is 0 Å². The van der Waals surface area contributed by atoms with E-state index in [9.17, 15) is 14.0 Å². The molecule has 3 rings (SSSR count). The Hall–Kier alpha value is -2.90. The van der Waals surface area contributed by atoms with Crippen LogP contribution < -0.4 is 10.9 Å². The summed E-state index contributed by atoms with van der Waals surface area (Å²) in [4.78, 5) is 27.9. The SMILES string of the molecule is O=C(CCc1ncc(-c2ccc(Cl)cc2Cl)o1)NNC(=O)Cc1ccc(F)cc1. The monoisotopic (exact) mass is 435 g/mol. The summed E-state index contributed by atoms with van der Waals surface area (Å²) in [6.45, 7) is 0. The molecule has 2 amide bonds. The van der Waals surface area contributed by atoms with Crippen LogP contribution in [0.1, 0.15) is 17.9 Å². The first-order valence-electron chi connectivity index (χ1n) is 8.63. The van der Waals surface area contributed by atoms with Gasteiger partial charge in [0.2, 0.25) is 11.8 Å². The molecule has 0 unspecified atom stereocenters. The smallest absolute Gasteiger partial charge is 0.242 e. The van der Waals surface area contributed by atoms with Crippen molar-refractivity contribution < 1.29 is 18.4 Å². The molecule has 1 aromatic heterocycles. The molecule has 2 N–H and O–H groups in total. The number of aryl methyl sites for hydroxylation is 1. The molecule has 9 heteroatoms.